The molecule has 0 aliphatic heterocycles. The van der Waals surface area contributed by atoms with Crippen LogP contribution in [-0.2, 0) is 11.2 Å². The maximum atomic E-state index is 11.3. The van der Waals surface area contributed by atoms with Gasteiger partial charge in [-0.25, -0.2) is 4.98 Å². The van der Waals surface area contributed by atoms with E-state index in [-0.39, 0.29) is 11.9 Å². The molecule has 0 spiro atoms. The highest BCUT2D eigenvalue weighted by Gasteiger charge is 2.09. The Bertz CT molecular complexity index is 324. The highest BCUT2D eigenvalue weighted by molar-refractivity contribution is 7.09. The summed E-state index contributed by atoms with van der Waals surface area (Å²) in [5.41, 5.74) is 6.60. The van der Waals surface area contributed by atoms with Crippen molar-refractivity contribution in [3.8, 4) is 0 Å². The molecular formula is C10H17N3OS. The number of nitrogens with one attached hydrogen (secondary N) is 1. The van der Waals surface area contributed by atoms with Crippen molar-refractivity contribution in [3.05, 3.63) is 16.1 Å². The van der Waals surface area contributed by atoms with E-state index in [0.29, 0.717) is 13.0 Å². The Balaban J connectivity index is 2.24. The predicted octanol–water partition coefficient (Wildman–Crippen LogP) is 0.848. The van der Waals surface area contributed by atoms with Crippen LogP contribution in [0.3, 0.4) is 0 Å². The van der Waals surface area contributed by atoms with Crippen LogP contribution in [0.5, 0.6) is 0 Å². The molecule has 0 radical (unpaired) electrons. The van der Waals surface area contributed by atoms with E-state index in [9.17, 15) is 4.79 Å². The Morgan fingerprint density at radius 3 is 3.00 bits per heavy atom. The van der Waals surface area contributed by atoms with Gasteiger partial charge in [-0.15, -0.1) is 11.3 Å². The zero-order valence-electron chi connectivity index (χ0n) is 9.12. The third-order valence-corrected chi connectivity index (χ3v) is 2.95. The van der Waals surface area contributed by atoms with E-state index < -0.39 is 0 Å². The summed E-state index contributed by atoms with van der Waals surface area (Å²) in [7, 11) is 0. The second-order valence-corrected chi connectivity index (χ2v) is 4.48. The van der Waals surface area contributed by atoms with Gasteiger partial charge in [0.25, 0.3) is 0 Å². The van der Waals surface area contributed by atoms with Crippen molar-refractivity contribution >= 4 is 17.2 Å². The van der Waals surface area contributed by atoms with Gasteiger partial charge in [-0.1, -0.05) is 6.92 Å². The van der Waals surface area contributed by atoms with Crippen LogP contribution in [0, 0.1) is 6.92 Å². The molecule has 4 nitrogen and oxygen atoms in total. The fourth-order valence-corrected chi connectivity index (χ4v) is 1.80. The molecule has 0 fully saturated rings. The van der Waals surface area contributed by atoms with Gasteiger partial charge in [0, 0.05) is 18.3 Å². The number of aromatic nitrogens is 1. The maximum absolute atomic E-state index is 11.3. The molecule has 1 amide bonds. The zero-order valence-corrected chi connectivity index (χ0v) is 9.93. The molecule has 0 aliphatic rings. The Morgan fingerprint density at radius 1 is 1.73 bits per heavy atom. The lowest BCUT2D eigenvalue weighted by Gasteiger charge is -2.08. The van der Waals surface area contributed by atoms with Gasteiger partial charge in [-0.2, -0.15) is 0 Å². The first-order chi connectivity index (χ1) is 7.13. The molecule has 1 aromatic heterocycles. The minimum absolute atomic E-state index is 0.0792. The second kappa shape index (κ2) is 5.82. The van der Waals surface area contributed by atoms with Gasteiger partial charge in [-0.3, -0.25) is 4.79 Å². The number of thiazole rings is 1. The van der Waals surface area contributed by atoms with Gasteiger partial charge in [0.15, 0.2) is 0 Å². The molecule has 1 atom stereocenters. The van der Waals surface area contributed by atoms with Crippen molar-refractivity contribution in [1.29, 1.82) is 0 Å². The van der Waals surface area contributed by atoms with Gasteiger partial charge in [-0.05, 0) is 13.3 Å². The first kappa shape index (κ1) is 12.1. The van der Waals surface area contributed by atoms with Crippen LogP contribution in [0.2, 0.25) is 0 Å². The maximum Gasteiger partial charge on any atom is 0.236 e. The van der Waals surface area contributed by atoms with Crippen LogP contribution in [0.25, 0.3) is 0 Å². The molecule has 84 valence electrons. The molecule has 15 heavy (non-hydrogen) atoms. The highest BCUT2D eigenvalue weighted by atomic mass is 32.1. The molecule has 0 aromatic carbocycles. The molecule has 1 rings (SSSR count). The van der Waals surface area contributed by atoms with Gasteiger partial charge in [0.2, 0.25) is 5.91 Å². The van der Waals surface area contributed by atoms with Gasteiger partial charge in [0.05, 0.1) is 16.7 Å². The van der Waals surface area contributed by atoms with E-state index in [0.717, 1.165) is 17.1 Å². The van der Waals surface area contributed by atoms with Crippen LogP contribution in [0.4, 0.5) is 0 Å². The van der Waals surface area contributed by atoms with E-state index in [1.807, 2.05) is 19.2 Å². The van der Waals surface area contributed by atoms with E-state index in [4.69, 9.17) is 5.73 Å². The van der Waals surface area contributed by atoms with Gasteiger partial charge in [0.1, 0.15) is 0 Å². The number of nitrogens with zero attached hydrogens (tertiary/aromatic N) is 1. The standard InChI is InChI=1S/C10H17N3OS/c1-3-9(11)10(14)12-5-4-8-6-15-7(2)13-8/h6,9H,3-5,11H2,1-2H3,(H,12,14)/t9-/m0/s1. The Kier molecular flexibility index (Phi) is 4.71. The van der Waals surface area contributed by atoms with Crippen molar-refractivity contribution in [3.63, 3.8) is 0 Å². The van der Waals surface area contributed by atoms with Crippen LogP contribution < -0.4 is 11.1 Å². The number of carbonyl (C=O) groups is 1. The molecule has 1 heterocycles. The summed E-state index contributed by atoms with van der Waals surface area (Å²) in [4.78, 5) is 15.6. The van der Waals surface area contributed by atoms with Crippen LogP contribution in [-0.4, -0.2) is 23.5 Å². The number of amides is 1. The topological polar surface area (TPSA) is 68.0 Å². The molecule has 0 aliphatic carbocycles. The smallest absolute Gasteiger partial charge is 0.236 e. The van der Waals surface area contributed by atoms with Crippen molar-refractivity contribution in [2.45, 2.75) is 32.7 Å². The SMILES string of the molecule is CC[C@H](N)C(=O)NCCc1csc(C)n1. The summed E-state index contributed by atoms with van der Waals surface area (Å²) in [5, 5.41) is 5.86. The highest BCUT2D eigenvalue weighted by Crippen LogP contribution is 2.07. The Morgan fingerprint density at radius 2 is 2.47 bits per heavy atom. The lowest BCUT2D eigenvalue weighted by molar-refractivity contribution is -0.122. The third-order valence-electron chi connectivity index (χ3n) is 2.12. The lowest BCUT2D eigenvalue weighted by Crippen LogP contribution is -2.40. The second-order valence-electron chi connectivity index (χ2n) is 3.41. The minimum Gasteiger partial charge on any atom is -0.354 e. The van der Waals surface area contributed by atoms with Crippen molar-refractivity contribution in [1.82, 2.24) is 10.3 Å². The number of nitrogens with two attached hydrogens (primary N) is 1. The molecule has 0 saturated carbocycles. The molecule has 1 aromatic rings. The average Bonchev–Trinajstić information content (AvgIpc) is 2.63. The summed E-state index contributed by atoms with van der Waals surface area (Å²) in [5.74, 6) is -0.0792. The average molecular weight is 227 g/mol. The quantitative estimate of drug-likeness (QED) is 0.783. The first-order valence-corrected chi connectivity index (χ1v) is 5.95. The van der Waals surface area contributed by atoms with E-state index >= 15 is 0 Å². The number of rotatable bonds is 5. The molecule has 3 N–H and O–H groups in total. The number of aryl methyl sites for hydroxylation is 1. The molecule has 0 saturated heterocycles. The number of carbonyl (C=O) groups excluding carboxylic acids is 1. The zero-order chi connectivity index (χ0) is 11.3. The third kappa shape index (κ3) is 3.97. The number of hydrogen-bond donors (Lipinski definition) is 2. The molecule has 0 unspecified atom stereocenters. The number of hydrogen-bond acceptors (Lipinski definition) is 4. The normalized spacial score (nSPS) is 12.5. The van der Waals surface area contributed by atoms with Crippen molar-refractivity contribution in [2.75, 3.05) is 6.54 Å². The van der Waals surface area contributed by atoms with Crippen molar-refractivity contribution in [2.24, 2.45) is 5.73 Å². The summed E-state index contributed by atoms with van der Waals surface area (Å²) < 4.78 is 0. The first-order valence-electron chi connectivity index (χ1n) is 5.07. The summed E-state index contributed by atoms with van der Waals surface area (Å²) >= 11 is 1.63. The molecular weight excluding hydrogens is 210 g/mol. The van der Waals surface area contributed by atoms with Crippen molar-refractivity contribution < 1.29 is 4.79 Å². The van der Waals surface area contributed by atoms with Gasteiger partial charge >= 0.3 is 0 Å². The fourth-order valence-electron chi connectivity index (χ4n) is 1.15. The van der Waals surface area contributed by atoms with Gasteiger partial charge < -0.3 is 11.1 Å². The summed E-state index contributed by atoms with van der Waals surface area (Å²) in [6.07, 6.45) is 1.44. The molecule has 5 heteroatoms. The summed E-state index contributed by atoms with van der Waals surface area (Å²) in [6, 6.07) is -0.387. The molecule has 0 bridgehead atoms. The van der Waals surface area contributed by atoms with Crippen LogP contribution >= 0.6 is 11.3 Å². The van der Waals surface area contributed by atoms with E-state index in [1.54, 1.807) is 11.3 Å². The Hall–Kier alpha value is -0.940. The van der Waals surface area contributed by atoms with E-state index in [2.05, 4.69) is 10.3 Å². The monoisotopic (exact) mass is 227 g/mol. The fraction of sp³-hybridized carbons (Fsp3) is 0.600. The van der Waals surface area contributed by atoms with Crippen LogP contribution in [0.15, 0.2) is 5.38 Å². The summed E-state index contributed by atoms with van der Waals surface area (Å²) in [6.45, 7) is 4.48. The van der Waals surface area contributed by atoms with E-state index in [1.165, 1.54) is 0 Å². The predicted molar refractivity (Wildman–Crippen MR) is 61.8 cm³/mol. The largest absolute Gasteiger partial charge is 0.354 e. The Labute approximate surface area is 93.9 Å². The lowest BCUT2D eigenvalue weighted by atomic mass is 10.2. The van der Waals surface area contributed by atoms with Crippen LogP contribution in [0.1, 0.15) is 24.0 Å². The minimum atomic E-state index is -0.387.